The first-order valence-electron chi connectivity index (χ1n) is 8.60. The number of rotatable bonds is 9. The van der Waals surface area contributed by atoms with E-state index in [1.807, 2.05) is 30.3 Å². The monoisotopic (exact) mass is 371 g/mol. The van der Waals surface area contributed by atoms with Crippen LogP contribution < -0.4 is 4.72 Å². The minimum atomic E-state index is -3.51. The average Bonchev–Trinajstić information content (AvgIpc) is 2.57. The van der Waals surface area contributed by atoms with Gasteiger partial charge in [-0.05, 0) is 24.9 Å². The number of aliphatic hydroxyl groups excluding tert-OH is 1. The summed E-state index contributed by atoms with van der Waals surface area (Å²) in [6.45, 7) is 3.34. The Labute approximate surface area is 150 Å². The summed E-state index contributed by atoms with van der Waals surface area (Å²) in [5.74, 6) is 0. The number of ether oxygens (including phenoxy) is 1. The van der Waals surface area contributed by atoms with Gasteiger partial charge in [-0.2, -0.15) is 17.4 Å². The van der Waals surface area contributed by atoms with Gasteiger partial charge >= 0.3 is 0 Å². The highest BCUT2D eigenvalue weighted by molar-refractivity contribution is 7.87. The lowest BCUT2D eigenvalue weighted by molar-refractivity contribution is 0.0401. The van der Waals surface area contributed by atoms with Crippen LogP contribution in [-0.4, -0.2) is 75.2 Å². The highest BCUT2D eigenvalue weighted by Crippen LogP contribution is 2.13. The number of nitrogens with zero attached hydrogens (tertiary/aromatic N) is 2. The molecule has 2 atom stereocenters. The zero-order valence-corrected chi connectivity index (χ0v) is 15.8. The Hall–Kier alpha value is -1.03. The highest BCUT2D eigenvalue weighted by atomic mass is 32.2. The lowest BCUT2D eigenvalue weighted by Gasteiger charge is -2.36. The van der Waals surface area contributed by atoms with Gasteiger partial charge in [-0.15, -0.1) is 0 Å². The van der Waals surface area contributed by atoms with Crippen molar-refractivity contribution in [3.8, 4) is 0 Å². The zero-order chi connectivity index (χ0) is 18.3. The van der Waals surface area contributed by atoms with Crippen LogP contribution >= 0.6 is 0 Å². The van der Waals surface area contributed by atoms with E-state index in [0.29, 0.717) is 26.2 Å². The minimum absolute atomic E-state index is 0.432. The van der Waals surface area contributed by atoms with E-state index in [9.17, 15) is 13.5 Å². The van der Waals surface area contributed by atoms with E-state index in [0.717, 1.165) is 29.4 Å². The second-order valence-corrected chi connectivity index (χ2v) is 8.48. The third-order valence-electron chi connectivity index (χ3n) is 4.32. The molecule has 0 aliphatic carbocycles. The summed E-state index contributed by atoms with van der Waals surface area (Å²) in [6, 6.07) is 9.62. The largest absolute Gasteiger partial charge is 0.390 e. The summed E-state index contributed by atoms with van der Waals surface area (Å²) >= 11 is 0. The van der Waals surface area contributed by atoms with Gasteiger partial charge in [0.1, 0.15) is 0 Å². The predicted molar refractivity (Wildman–Crippen MR) is 97.3 cm³/mol. The van der Waals surface area contributed by atoms with Gasteiger partial charge in [0, 0.05) is 33.8 Å². The number of hydrogen-bond acceptors (Lipinski definition) is 5. The molecule has 1 aliphatic rings. The van der Waals surface area contributed by atoms with Crippen molar-refractivity contribution in [1.29, 1.82) is 0 Å². The normalized spacial score (nSPS) is 22.4. The molecule has 1 saturated heterocycles. The molecule has 0 amide bonds. The molecule has 2 N–H and O–H groups in total. The van der Waals surface area contributed by atoms with Crippen LogP contribution in [0.15, 0.2) is 30.3 Å². The number of β-amino-alcohol motifs (C(OH)–C–C–N with tert-alkyl or cyclic N) is 1. The van der Waals surface area contributed by atoms with Crippen LogP contribution in [0.2, 0.25) is 0 Å². The van der Waals surface area contributed by atoms with Crippen LogP contribution in [0, 0.1) is 0 Å². The van der Waals surface area contributed by atoms with Gasteiger partial charge in [-0.1, -0.05) is 30.3 Å². The number of piperidine rings is 1. The van der Waals surface area contributed by atoms with E-state index in [-0.39, 0.29) is 0 Å². The maximum Gasteiger partial charge on any atom is 0.279 e. The van der Waals surface area contributed by atoms with Gasteiger partial charge in [-0.25, -0.2) is 0 Å². The van der Waals surface area contributed by atoms with E-state index in [4.69, 9.17) is 4.74 Å². The Morgan fingerprint density at radius 2 is 2.04 bits per heavy atom. The molecular weight excluding hydrogens is 342 g/mol. The summed E-state index contributed by atoms with van der Waals surface area (Å²) in [6.07, 6.45) is 0.779. The number of benzene rings is 1. The summed E-state index contributed by atoms with van der Waals surface area (Å²) in [7, 11) is -0.571. The van der Waals surface area contributed by atoms with Crippen molar-refractivity contribution >= 4 is 10.2 Å². The quantitative estimate of drug-likeness (QED) is 0.615. The maximum absolute atomic E-state index is 11.9. The number of nitrogens with one attached hydrogen (secondary N) is 1. The first-order chi connectivity index (χ1) is 11.9. The van der Waals surface area contributed by atoms with E-state index < -0.39 is 22.4 Å². The molecule has 1 aromatic rings. The lowest BCUT2D eigenvalue weighted by atomic mass is 10.0. The Morgan fingerprint density at radius 1 is 1.32 bits per heavy atom. The maximum atomic E-state index is 11.9. The molecule has 0 radical (unpaired) electrons. The third-order valence-corrected chi connectivity index (χ3v) is 5.88. The van der Waals surface area contributed by atoms with E-state index in [1.165, 1.54) is 14.1 Å². The van der Waals surface area contributed by atoms with Gasteiger partial charge in [0.25, 0.3) is 10.2 Å². The van der Waals surface area contributed by atoms with Crippen LogP contribution in [0.4, 0.5) is 0 Å². The molecule has 1 aromatic carbocycles. The fourth-order valence-electron chi connectivity index (χ4n) is 2.79. The van der Waals surface area contributed by atoms with Crippen molar-refractivity contribution < 1.29 is 18.3 Å². The molecule has 1 heterocycles. The van der Waals surface area contributed by atoms with Crippen LogP contribution in [0.1, 0.15) is 18.4 Å². The van der Waals surface area contributed by atoms with Crippen molar-refractivity contribution in [3.63, 3.8) is 0 Å². The molecular formula is C17H29N3O4S. The molecule has 0 saturated carbocycles. The first-order valence-corrected chi connectivity index (χ1v) is 10.0. The SMILES string of the molecule is CN(C)S(=O)(=O)N[C@@H]1CCN(CCCOCc2ccccc2)C[C@H]1O. The average molecular weight is 372 g/mol. The fourth-order valence-corrected chi connectivity index (χ4v) is 3.66. The van der Waals surface area contributed by atoms with Crippen LogP contribution in [-0.2, 0) is 21.6 Å². The Kier molecular flexibility index (Phi) is 7.80. The van der Waals surface area contributed by atoms with E-state index in [2.05, 4.69) is 9.62 Å². The molecule has 25 heavy (non-hydrogen) atoms. The Bertz CT molecular complexity index is 610. The third kappa shape index (κ3) is 6.65. The number of hydrogen-bond donors (Lipinski definition) is 2. The summed E-state index contributed by atoms with van der Waals surface area (Å²) in [4.78, 5) is 2.15. The van der Waals surface area contributed by atoms with Crippen LogP contribution in [0.25, 0.3) is 0 Å². The van der Waals surface area contributed by atoms with Crippen molar-refractivity contribution in [2.45, 2.75) is 31.6 Å². The Morgan fingerprint density at radius 3 is 2.68 bits per heavy atom. The summed E-state index contributed by atoms with van der Waals surface area (Å²) in [5.41, 5.74) is 1.16. The second kappa shape index (κ2) is 9.61. The molecule has 142 valence electrons. The van der Waals surface area contributed by atoms with Crippen molar-refractivity contribution in [2.75, 3.05) is 40.3 Å². The molecule has 0 spiro atoms. The Balaban J connectivity index is 1.64. The molecule has 0 unspecified atom stereocenters. The second-order valence-electron chi connectivity index (χ2n) is 6.56. The minimum Gasteiger partial charge on any atom is -0.390 e. The molecule has 8 heteroatoms. The van der Waals surface area contributed by atoms with E-state index in [1.54, 1.807) is 0 Å². The van der Waals surface area contributed by atoms with Gasteiger partial charge in [-0.3, -0.25) is 0 Å². The first kappa shape index (κ1) is 20.3. The van der Waals surface area contributed by atoms with Crippen molar-refractivity contribution in [3.05, 3.63) is 35.9 Å². The molecule has 2 rings (SSSR count). The lowest BCUT2D eigenvalue weighted by Crippen LogP contribution is -2.55. The molecule has 1 aliphatic heterocycles. The van der Waals surface area contributed by atoms with Crippen molar-refractivity contribution in [2.24, 2.45) is 0 Å². The smallest absolute Gasteiger partial charge is 0.279 e. The summed E-state index contributed by atoms with van der Waals surface area (Å²) in [5, 5.41) is 10.2. The van der Waals surface area contributed by atoms with Crippen molar-refractivity contribution in [1.82, 2.24) is 13.9 Å². The molecule has 0 bridgehead atoms. The van der Waals surface area contributed by atoms with Crippen LogP contribution in [0.5, 0.6) is 0 Å². The number of likely N-dealkylation sites (tertiary alicyclic amines) is 1. The molecule has 0 aromatic heterocycles. The topological polar surface area (TPSA) is 82.1 Å². The molecule has 7 nitrogen and oxygen atoms in total. The van der Waals surface area contributed by atoms with Gasteiger partial charge in [0.15, 0.2) is 0 Å². The standard InChI is InChI=1S/C17H29N3O4S/c1-19(2)25(22,23)18-16-9-11-20(13-17(16)21)10-6-12-24-14-15-7-4-3-5-8-15/h3-5,7-8,16-18,21H,6,9-14H2,1-2H3/t16-,17-/m1/s1. The van der Waals surface area contributed by atoms with Crippen LogP contribution in [0.3, 0.4) is 0 Å². The zero-order valence-electron chi connectivity index (χ0n) is 15.0. The highest BCUT2D eigenvalue weighted by Gasteiger charge is 2.31. The van der Waals surface area contributed by atoms with Gasteiger partial charge in [0.05, 0.1) is 18.8 Å². The molecule has 1 fully saturated rings. The van der Waals surface area contributed by atoms with Gasteiger partial charge < -0.3 is 14.7 Å². The predicted octanol–water partition coefficient (Wildman–Crippen LogP) is 0.425. The van der Waals surface area contributed by atoms with Gasteiger partial charge in [0.2, 0.25) is 0 Å². The van der Waals surface area contributed by atoms with E-state index >= 15 is 0 Å². The summed E-state index contributed by atoms with van der Waals surface area (Å²) < 4.78 is 33.1. The number of aliphatic hydroxyl groups is 1. The fraction of sp³-hybridized carbons (Fsp3) is 0.647.